The van der Waals surface area contributed by atoms with Crippen molar-refractivity contribution < 1.29 is 0 Å². The van der Waals surface area contributed by atoms with Crippen molar-refractivity contribution >= 4 is 0 Å². The van der Waals surface area contributed by atoms with Crippen LogP contribution in [0.15, 0.2) is 36.5 Å². The average molecular weight is 488 g/mol. The highest BCUT2D eigenvalue weighted by Gasteiger charge is 2.49. The molecule has 2 aliphatic heterocycles. The Morgan fingerprint density at radius 3 is 2.22 bits per heavy atom. The van der Waals surface area contributed by atoms with Gasteiger partial charge in [-0.2, -0.15) is 0 Å². The van der Waals surface area contributed by atoms with Gasteiger partial charge in [0.25, 0.3) is 0 Å². The molecule has 0 amide bonds. The molecule has 5 nitrogen and oxygen atoms in total. The Bertz CT molecular complexity index is 1090. The Labute approximate surface area is 217 Å². The summed E-state index contributed by atoms with van der Waals surface area (Å²) in [5, 5.41) is 0. The zero-order valence-corrected chi connectivity index (χ0v) is 22.5. The summed E-state index contributed by atoms with van der Waals surface area (Å²) in [5.41, 5.74) is 21.0. The van der Waals surface area contributed by atoms with Gasteiger partial charge in [-0.1, -0.05) is 24.3 Å². The lowest BCUT2D eigenvalue weighted by Gasteiger charge is -2.44. The van der Waals surface area contributed by atoms with Gasteiger partial charge in [-0.25, -0.2) is 0 Å². The van der Waals surface area contributed by atoms with E-state index in [1.54, 1.807) is 5.56 Å². The molecule has 6 rings (SSSR count). The smallest absolute Gasteiger partial charge is 0.0514 e. The maximum absolute atomic E-state index is 6.84. The van der Waals surface area contributed by atoms with Crippen molar-refractivity contribution in [3.05, 3.63) is 64.5 Å². The highest BCUT2D eigenvalue weighted by molar-refractivity contribution is 5.45. The van der Waals surface area contributed by atoms with Crippen LogP contribution >= 0.6 is 0 Å². The normalized spacial score (nSPS) is 28.1. The summed E-state index contributed by atoms with van der Waals surface area (Å²) in [6.45, 7) is 11.6. The van der Waals surface area contributed by atoms with Crippen LogP contribution in [-0.4, -0.2) is 65.1 Å². The van der Waals surface area contributed by atoms with Crippen molar-refractivity contribution in [3.8, 4) is 0 Å². The number of rotatable bonds is 4. The minimum Gasteiger partial charge on any atom is -0.327 e. The topological polar surface area (TPSA) is 71.4 Å². The van der Waals surface area contributed by atoms with E-state index in [4.69, 9.17) is 16.5 Å². The Morgan fingerprint density at radius 1 is 0.861 bits per heavy atom. The van der Waals surface area contributed by atoms with Crippen molar-refractivity contribution in [2.45, 2.75) is 101 Å². The molecule has 0 unspecified atom stereocenters. The van der Waals surface area contributed by atoms with Crippen LogP contribution in [0.5, 0.6) is 0 Å². The molecule has 2 spiro atoms. The first-order valence-corrected chi connectivity index (χ1v) is 14.4. The summed E-state index contributed by atoms with van der Waals surface area (Å²) >= 11 is 0. The van der Waals surface area contributed by atoms with Crippen LogP contribution in [0.2, 0.25) is 0 Å². The molecule has 2 aromatic rings. The van der Waals surface area contributed by atoms with Gasteiger partial charge in [-0.3, -0.25) is 4.98 Å². The van der Waals surface area contributed by atoms with E-state index >= 15 is 0 Å². The molecule has 3 atom stereocenters. The van der Waals surface area contributed by atoms with Gasteiger partial charge in [0.15, 0.2) is 0 Å². The first kappa shape index (κ1) is 24.5. The molecule has 4 aliphatic rings. The molecule has 1 aromatic carbocycles. The maximum atomic E-state index is 6.84. The van der Waals surface area contributed by atoms with E-state index in [1.165, 1.54) is 48.3 Å². The summed E-state index contributed by atoms with van der Waals surface area (Å²) in [6, 6.07) is 13.3. The molecule has 36 heavy (non-hydrogen) atoms. The highest BCUT2D eigenvalue weighted by atomic mass is 15.2. The predicted molar refractivity (Wildman–Crippen MR) is 147 cm³/mol. The molecule has 0 radical (unpaired) electrons. The van der Waals surface area contributed by atoms with Crippen molar-refractivity contribution in [1.82, 2.24) is 14.8 Å². The number of benzene rings is 1. The van der Waals surface area contributed by atoms with E-state index in [0.717, 1.165) is 45.2 Å². The maximum Gasteiger partial charge on any atom is 0.0514 e. The quantitative estimate of drug-likeness (QED) is 0.690. The molecule has 2 aliphatic carbocycles. The third-order valence-corrected chi connectivity index (χ3v) is 10.6. The van der Waals surface area contributed by atoms with E-state index < -0.39 is 0 Å². The Morgan fingerprint density at radius 2 is 1.50 bits per heavy atom. The van der Waals surface area contributed by atoms with Gasteiger partial charge in [0.2, 0.25) is 0 Å². The van der Waals surface area contributed by atoms with Crippen molar-refractivity contribution in [2.75, 3.05) is 26.2 Å². The molecule has 2 fully saturated rings. The lowest BCUT2D eigenvalue weighted by molar-refractivity contribution is 0.111. The van der Waals surface area contributed by atoms with Crippen LogP contribution in [0.3, 0.4) is 0 Å². The molecule has 5 heteroatoms. The molecule has 3 heterocycles. The fourth-order valence-electron chi connectivity index (χ4n) is 8.24. The second-order valence-electron chi connectivity index (χ2n) is 12.7. The zero-order chi connectivity index (χ0) is 25.1. The molecule has 2 saturated heterocycles. The number of aromatic nitrogens is 1. The first-order chi connectivity index (χ1) is 17.3. The zero-order valence-electron chi connectivity index (χ0n) is 22.5. The summed E-state index contributed by atoms with van der Waals surface area (Å²) in [5.74, 6) is 0. The van der Waals surface area contributed by atoms with E-state index in [2.05, 4.69) is 60.9 Å². The first-order valence-electron chi connectivity index (χ1n) is 14.4. The second-order valence-corrected chi connectivity index (χ2v) is 12.7. The van der Waals surface area contributed by atoms with Crippen molar-refractivity contribution in [1.29, 1.82) is 0 Å². The second kappa shape index (κ2) is 9.20. The van der Waals surface area contributed by atoms with Crippen LogP contribution in [0.25, 0.3) is 0 Å². The number of fused-ring (bicyclic) bond motifs is 4. The Kier molecular flexibility index (Phi) is 6.27. The molecule has 0 bridgehead atoms. The van der Waals surface area contributed by atoms with Crippen LogP contribution < -0.4 is 11.5 Å². The van der Waals surface area contributed by atoms with E-state index in [9.17, 15) is 0 Å². The number of nitrogens with two attached hydrogens (primary N) is 2. The van der Waals surface area contributed by atoms with Gasteiger partial charge >= 0.3 is 0 Å². The third-order valence-electron chi connectivity index (χ3n) is 10.6. The molecule has 1 aromatic heterocycles. The fraction of sp³-hybridized carbons (Fsp3) is 0.645. The summed E-state index contributed by atoms with van der Waals surface area (Å²) < 4.78 is 0. The van der Waals surface area contributed by atoms with Crippen molar-refractivity contribution in [2.24, 2.45) is 11.5 Å². The third kappa shape index (κ3) is 3.86. The Balaban J connectivity index is 1.12. The van der Waals surface area contributed by atoms with E-state index in [0.29, 0.717) is 12.1 Å². The number of pyridine rings is 1. The van der Waals surface area contributed by atoms with E-state index in [1.807, 2.05) is 6.20 Å². The highest BCUT2D eigenvalue weighted by Crippen LogP contribution is 2.47. The van der Waals surface area contributed by atoms with Gasteiger partial charge in [-0.05, 0) is 120 Å². The SMILES string of the molecule is CC(C)N1CCC2(CC1)c1ccc(C[C@H](C)N3CCC4(CC3)c3ncccc3C[C@H]4N)cc1C[C@H]2N. The minimum absolute atomic E-state index is 0.0794. The number of hydrogen-bond donors (Lipinski definition) is 2. The molecule has 0 saturated carbocycles. The van der Waals surface area contributed by atoms with Crippen LogP contribution in [0, 0.1) is 0 Å². The average Bonchev–Trinajstić information content (AvgIpc) is 3.30. The summed E-state index contributed by atoms with van der Waals surface area (Å²) in [4.78, 5) is 10.1. The standard InChI is InChI=1S/C31H45N5/c1-21(2)35-13-8-30(9-14-35)26-7-6-23(18-25(26)20-27(30)32)17-22(3)36-15-10-31(11-16-36)28(33)19-24-5-4-12-34-29(24)31/h4-7,12,18,21-22,27-28H,8-11,13-17,19-20,32-33H2,1-3H3/t22-,27+,28+/m0/s1. The molecular formula is C31H45N5. The van der Waals surface area contributed by atoms with Crippen LogP contribution in [0.1, 0.15) is 74.4 Å². The fourth-order valence-corrected chi connectivity index (χ4v) is 8.24. The van der Waals surface area contributed by atoms with Crippen LogP contribution in [-0.2, 0) is 30.1 Å². The lowest BCUT2D eigenvalue weighted by atomic mass is 9.71. The van der Waals surface area contributed by atoms with E-state index in [-0.39, 0.29) is 22.9 Å². The number of piperidine rings is 2. The van der Waals surface area contributed by atoms with Gasteiger partial charge < -0.3 is 21.3 Å². The number of nitrogens with zero attached hydrogens (tertiary/aromatic N) is 3. The van der Waals surface area contributed by atoms with Gasteiger partial charge in [0.1, 0.15) is 0 Å². The summed E-state index contributed by atoms with van der Waals surface area (Å²) in [7, 11) is 0. The van der Waals surface area contributed by atoms with Crippen LogP contribution in [0.4, 0.5) is 0 Å². The van der Waals surface area contributed by atoms with Crippen molar-refractivity contribution in [3.63, 3.8) is 0 Å². The molecular weight excluding hydrogens is 442 g/mol. The summed E-state index contributed by atoms with van der Waals surface area (Å²) in [6.07, 6.45) is 9.71. The van der Waals surface area contributed by atoms with Gasteiger partial charge in [-0.15, -0.1) is 0 Å². The number of likely N-dealkylation sites (tertiary alicyclic amines) is 2. The predicted octanol–water partition coefficient (Wildman–Crippen LogP) is 3.56. The molecule has 194 valence electrons. The molecule has 4 N–H and O–H groups in total. The largest absolute Gasteiger partial charge is 0.327 e. The monoisotopic (exact) mass is 487 g/mol. The van der Waals surface area contributed by atoms with Gasteiger partial charge in [0.05, 0.1) is 5.69 Å². The minimum atomic E-state index is 0.0794. The van der Waals surface area contributed by atoms with Gasteiger partial charge in [0, 0.05) is 41.2 Å². The number of hydrogen-bond acceptors (Lipinski definition) is 5. The Hall–Kier alpha value is -1.79. The lowest BCUT2D eigenvalue weighted by Crippen LogP contribution is -2.52.